The first-order valence-corrected chi connectivity index (χ1v) is 9.37. The zero-order valence-electron chi connectivity index (χ0n) is 14.5. The molecule has 2 aromatic carbocycles. The topological polar surface area (TPSA) is 99.7 Å². The van der Waals surface area contributed by atoms with Crippen LogP contribution in [-0.4, -0.2) is 36.3 Å². The van der Waals surface area contributed by atoms with Crippen molar-refractivity contribution >= 4 is 39.2 Å². The van der Waals surface area contributed by atoms with E-state index in [-0.39, 0.29) is 23.4 Å². The molecule has 3 amide bonds. The van der Waals surface area contributed by atoms with Gasteiger partial charge in [0, 0.05) is 29.0 Å². The molecule has 8 heteroatoms. The number of benzene rings is 2. The normalized spacial score (nSPS) is 16.0. The van der Waals surface area contributed by atoms with Crippen LogP contribution in [0.2, 0.25) is 0 Å². The van der Waals surface area contributed by atoms with Gasteiger partial charge in [0.25, 0.3) is 5.91 Å². The first-order valence-electron chi connectivity index (χ1n) is 8.57. The van der Waals surface area contributed by atoms with Crippen molar-refractivity contribution in [3.05, 3.63) is 52.5 Å². The van der Waals surface area contributed by atoms with Gasteiger partial charge < -0.3 is 25.8 Å². The lowest BCUT2D eigenvalue weighted by atomic mass is 10.2. The third-order valence-corrected chi connectivity index (χ3v) is 4.61. The Bertz CT molecular complexity index is 820. The molecular weight excluding hydrogens is 414 g/mol. The van der Waals surface area contributed by atoms with Gasteiger partial charge in [-0.2, -0.15) is 0 Å². The number of carbonyl (C=O) groups is 2. The van der Waals surface area contributed by atoms with Crippen LogP contribution >= 0.6 is 15.9 Å². The number of phenols is 1. The van der Waals surface area contributed by atoms with Crippen molar-refractivity contribution in [2.75, 3.05) is 23.8 Å². The molecule has 7 nitrogen and oxygen atoms in total. The number of aromatic hydroxyl groups is 1. The fraction of sp³-hybridized carbons (Fsp3) is 0.263. The summed E-state index contributed by atoms with van der Waals surface area (Å²) >= 11 is 3.27. The third-order valence-electron chi connectivity index (χ3n) is 4.12. The highest BCUT2D eigenvalue weighted by Crippen LogP contribution is 2.23. The number of carbonyl (C=O) groups excluding carboxylic acids is 2. The lowest BCUT2D eigenvalue weighted by molar-refractivity contribution is 0.102. The summed E-state index contributed by atoms with van der Waals surface area (Å²) in [5.41, 5.74) is 1.31. The van der Waals surface area contributed by atoms with Gasteiger partial charge >= 0.3 is 6.03 Å². The summed E-state index contributed by atoms with van der Waals surface area (Å²) in [7, 11) is 0. The second-order valence-electron chi connectivity index (χ2n) is 6.16. The average Bonchev–Trinajstić information content (AvgIpc) is 3.17. The fourth-order valence-corrected chi connectivity index (χ4v) is 3.07. The van der Waals surface area contributed by atoms with E-state index in [0.717, 1.165) is 19.4 Å². The first-order chi connectivity index (χ1) is 13.0. The molecule has 1 atom stereocenters. The smallest absolute Gasteiger partial charge is 0.319 e. The number of amides is 3. The number of halogens is 1. The minimum absolute atomic E-state index is 0.0859. The van der Waals surface area contributed by atoms with Crippen molar-refractivity contribution in [3.63, 3.8) is 0 Å². The van der Waals surface area contributed by atoms with E-state index in [1.807, 2.05) is 0 Å². The van der Waals surface area contributed by atoms with Crippen molar-refractivity contribution in [1.82, 2.24) is 5.32 Å². The van der Waals surface area contributed by atoms with Crippen molar-refractivity contribution in [2.45, 2.75) is 18.9 Å². The highest BCUT2D eigenvalue weighted by Gasteiger charge is 2.16. The molecular formula is C19H20BrN3O4. The molecule has 0 bridgehead atoms. The van der Waals surface area contributed by atoms with Crippen LogP contribution in [0, 0.1) is 0 Å². The van der Waals surface area contributed by atoms with Crippen molar-refractivity contribution in [2.24, 2.45) is 0 Å². The first kappa shape index (κ1) is 19.2. The van der Waals surface area contributed by atoms with Crippen LogP contribution in [0.25, 0.3) is 0 Å². The third kappa shape index (κ3) is 5.45. The molecule has 27 heavy (non-hydrogen) atoms. The van der Waals surface area contributed by atoms with Gasteiger partial charge in [-0.15, -0.1) is 0 Å². The second kappa shape index (κ2) is 8.88. The predicted octanol–water partition coefficient (Wildman–Crippen LogP) is 3.71. The van der Waals surface area contributed by atoms with E-state index in [0.29, 0.717) is 22.4 Å². The number of nitrogens with one attached hydrogen (secondary N) is 3. The van der Waals surface area contributed by atoms with E-state index < -0.39 is 5.91 Å². The number of phenolic OH excluding ortho intramolecular Hbond substituents is 1. The molecule has 142 valence electrons. The van der Waals surface area contributed by atoms with E-state index in [1.165, 1.54) is 6.07 Å². The Hall–Kier alpha value is -2.58. The number of hydrogen-bond donors (Lipinski definition) is 4. The van der Waals surface area contributed by atoms with Crippen molar-refractivity contribution < 1.29 is 19.4 Å². The lowest BCUT2D eigenvalue weighted by Gasteiger charge is -2.12. The molecule has 0 saturated carbocycles. The van der Waals surface area contributed by atoms with E-state index in [1.54, 1.807) is 36.4 Å². The maximum Gasteiger partial charge on any atom is 0.319 e. The Kier molecular flexibility index (Phi) is 6.31. The van der Waals surface area contributed by atoms with E-state index in [2.05, 4.69) is 31.9 Å². The standard InChI is InChI=1S/C19H20BrN3O4/c20-12-3-8-17(24)16(10-12)18(25)22-13-4-6-14(7-5-13)23-19(26)21-11-15-2-1-9-27-15/h3-8,10,15,24H,1-2,9,11H2,(H,22,25)(H2,21,23,26). The minimum Gasteiger partial charge on any atom is -0.507 e. The summed E-state index contributed by atoms with van der Waals surface area (Å²) in [6.45, 7) is 1.23. The summed E-state index contributed by atoms with van der Waals surface area (Å²) in [6.07, 6.45) is 2.07. The van der Waals surface area contributed by atoms with Gasteiger partial charge in [-0.05, 0) is 55.3 Å². The van der Waals surface area contributed by atoms with Crippen LogP contribution in [0.4, 0.5) is 16.2 Å². The molecule has 1 fully saturated rings. The Balaban J connectivity index is 1.52. The zero-order chi connectivity index (χ0) is 19.2. The molecule has 4 N–H and O–H groups in total. The molecule has 1 aliphatic rings. The minimum atomic E-state index is -0.427. The highest BCUT2D eigenvalue weighted by atomic mass is 79.9. The molecule has 0 aliphatic carbocycles. The maximum atomic E-state index is 12.3. The quantitative estimate of drug-likeness (QED) is 0.577. The molecule has 1 heterocycles. The van der Waals surface area contributed by atoms with Gasteiger partial charge in [0.15, 0.2) is 0 Å². The summed E-state index contributed by atoms with van der Waals surface area (Å²) in [5.74, 6) is -0.527. The molecule has 0 spiro atoms. The summed E-state index contributed by atoms with van der Waals surface area (Å²) in [4.78, 5) is 24.2. The van der Waals surface area contributed by atoms with Gasteiger partial charge in [-0.1, -0.05) is 15.9 Å². The second-order valence-corrected chi connectivity index (χ2v) is 7.08. The molecule has 1 saturated heterocycles. The van der Waals surface area contributed by atoms with Crippen LogP contribution in [0.15, 0.2) is 46.9 Å². The zero-order valence-corrected chi connectivity index (χ0v) is 16.1. The van der Waals surface area contributed by atoms with E-state index in [4.69, 9.17) is 4.74 Å². The van der Waals surface area contributed by atoms with E-state index in [9.17, 15) is 14.7 Å². The van der Waals surface area contributed by atoms with Gasteiger partial charge in [-0.3, -0.25) is 4.79 Å². The molecule has 2 aromatic rings. The van der Waals surface area contributed by atoms with Crippen LogP contribution in [0.1, 0.15) is 23.2 Å². The van der Waals surface area contributed by atoms with Gasteiger partial charge in [0.1, 0.15) is 5.75 Å². The molecule has 0 radical (unpaired) electrons. The molecule has 0 aromatic heterocycles. The van der Waals surface area contributed by atoms with Gasteiger partial charge in [0.2, 0.25) is 0 Å². The SMILES string of the molecule is O=C(NCC1CCCO1)Nc1ccc(NC(=O)c2cc(Br)ccc2O)cc1. The van der Waals surface area contributed by atoms with Crippen LogP contribution in [0.5, 0.6) is 5.75 Å². The van der Waals surface area contributed by atoms with Crippen LogP contribution in [0.3, 0.4) is 0 Å². The Labute approximate surface area is 165 Å². The monoisotopic (exact) mass is 433 g/mol. The van der Waals surface area contributed by atoms with Gasteiger partial charge in [0.05, 0.1) is 11.7 Å². The lowest BCUT2D eigenvalue weighted by Crippen LogP contribution is -2.35. The number of hydrogen-bond acceptors (Lipinski definition) is 4. The number of urea groups is 1. The summed E-state index contributed by atoms with van der Waals surface area (Å²) in [6, 6.07) is 11.0. The largest absolute Gasteiger partial charge is 0.507 e. The summed E-state index contributed by atoms with van der Waals surface area (Å²) in [5, 5.41) is 18.0. The Morgan fingerprint density at radius 2 is 1.81 bits per heavy atom. The highest BCUT2D eigenvalue weighted by molar-refractivity contribution is 9.10. The molecule has 1 aliphatic heterocycles. The summed E-state index contributed by atoms with van der Waals surface area (Å²) < 4.78 is 6.15. The van der Waals surface area contributed by atoms with Crippen LogP contribution in [-0.2, 0) is 4.74 Å². The number of rotatable bonds is 5. The molecule has 1 unspecified atom stereocenters. The Morgan fingerprint density at radius 1 is 1.11 bits per heavy atom. The fourth-order valence-electron chi connectivity index (χ4n) is 2.71. The number of anilines is 2. The molecule has 3 rings (SSSR count). The van der Waals surface area contributed by atoms with Crippen molar-refractivity contribution in [1.29, 1.82) is 0 Å². The van der Waals surface area contributed by atoms with E-state index >= 15 is 0 Å². The Morgan fingerprint density at radius 3 is 2.48 bits per heavy atom. The van der Waals surface area contributed by atoms with Crippen molar-refractivity contribution in [3.8, 4) is 5.75 Å². The predicted molar refractivity (Wildman–Crippen MR) is 106 cm³/mol. The van der Waals surface area contributed by atoms with Crippen LogP contribution < -0.4 is 16.0 Å². The number of ether oxygens (including phenoxy) is 1. The van der Waals surface area contributed by atoms with Gasteiger partial charge in [-0.25, -0.2) is 4.79 Å². The maximum absolute atomic E-state index is 12.3. The average molecular weight is 434 g/mol.